The molecule has 2 aromatic heterocycles. The van der Waals surface area contributed by atoms with Gasteiger partial charge in [-0.2, -0.15) is 15.0 Å². The number of aromatic nitrogens is 4. The Labute approximate surface area is 118 Å². The molecule has 0 aromatic carbocycles. The van der Waals surface area contributed by atoms with Crippen LogP contribution in [0.2, 0.25) is 0 Å². The van der Waals surface area contributed by atoms with Gasteiger partial charge in [0.25, 0.3) is 0 Å². The van der Waals surface area contributed by atoms with Crippen LogP contribution in [0.1, 0.15) is 5.56 Å². The van der Waals surface area contributed by atoms with E-state index < -0.39 is 0 Å². The molecular formula is C13H19N7. The molecule has 106 valence electrons. The van der Waals surface area contributed by atoms with Crippen molar-refractivity contribution in [2.75, 3.05) is 43.3 Å². The van der Waals surface area contributed by atoms with Crippen LogP contribution in [0.15, 0.2) is 24.5 Å². The second kappa shape index (κ2) is 6.14. The first-order valence-corrected chi connectivity index (χ1v) is 6.31. The van der Waals surface area contributed by atoms with Crippen molar-refractivity contribution in [2.24, 2.45) is 0 Å². The molecule has 2 rings (SSSR count). The van der Waals surface area contributed by atoms with E-state index in [9.17, 15) is 0 Å². The smallest absolute Gasteiger partial charge is 0.232 e. The molecule has 0 aliphatic rings. The molecule has 0 bridgehead atoms. The molecule has 0 radical (unpaired) electrons. The monoisotopic (exact) mass is 273 g/mol. The minimum absolute atomic E-state index is 0.553. The van der Waals surface area contributed by atoms with Crippen LogP contribution >= 0.6 is 0 Å². The zero-order valence-electron chi connectivity index (χ0n) is 12.2. The first-order chi connectivity index (χ1) is 9.60. The van der Waals surface area contributed by atoms with Gasteiger partial charge in [-0.15, -0.1) is 0 Å². The van der Waals surface area contributed by atoms with E-state index in [4.69, 9.17) is 0 Å². The Hall–Kier alpha value is -2.44. The summed E-state index contributed by atoms with van der Waals surface area (Å²) in [5, 5.41) is 2.95. The topological polar surface area (TPSA) is 70.1 Å². The maximum Gasteiger partial charge on any atom is 0.232 e. The van der Waals surface area contributed by atoms with Crippen LogP contribution in [0.25, 0.3) is 0 Å². The lowest BCUT2D eigenvalue weighted by molar-refractivity contribution is 0.841. The lowest BCUT2D eigenvalue weighted by Crippen LogP contribution is -2.22. The van der Waals surface area contributed by atoms with E-state index >= 15 is 0 Å². The number of rotatable bonds is 5. The lowest BCUT2D eigenvalue weighted by Gasteiger charge is -2.19. The normalized spacial score (nSPS) is 10.2. The lowest BCUT2D eigenvalue weighted by atomic mass is 10.3. The van der Waals surface area contributed by atoms with Crippen LogP contribution in [0.4, 0.5) is 17.8 Å². The number of hydrogen-bond acceptors (Lipinski definition) is 7. The molecule has 0 saturated carbocycles. The molecule has 2 heterocycles. The maximum absolute atomic E-state index is 4.45. The van der Waals surface area contributed by atoms with Gasteiger partial charge in [-0.05, 0) is 11.6 Å². The van der Waals surface area contributed by atoms with Crippen molar-refractivity contribution < 1.29 is 0 Å². The van der Waals surface area contributed by atoms with Gasteiger partial charge in [0.1, 0.15) is 0 Å². The number of nitrogens with one attached hydrogen (secondary N) is 1. The molecule has 0 saturated heterocycles. The van der Waals surface area contributed by atoms with Crippen LogP contribution < -0.4 is 15.1 Å². The summed E-state index contributed by atoms with van der Waals surface area (Å²) in [7, 11) is 7.54. The molecule has 7 nitrogen and oxygen atoms in total. The van der Waals surface area contributed by atoms with Gasteiger partial charge >= 0.3 is 0 Å². The van der Waals surface area contributed by atoms with Gasteiger partial charge in [-0.3, -0.25) is 4.98 Å². The third kappa shape index (κ3) is 3.31. The Balaban J connectivity index is 2.24. The highest BCUT2D eigenvalue weighted by molar-refractivity contribution is 5.44. The summed E-state index contributed by atoms with van der Waals surface area (Å²) in [6.45, 7) is 0.688. The minimum Gasteiger partial charge on any atom is -0.357 e. The zero-order valence-corrected chi connectivity index (χ0v) is 12.2. The maximum atomic E-state index is 4.45. The number of nitrogens with zero attached hydrogens (tertiary/aromatic N) is 6. The second-order valence-corrected chi connectivity index (χ2v) is 4.62. The molecular weight excluding hydrogens is 254 g/mol. The van der Waals surface area contributed by atoms with E-state index in [-0.39, 0.29) is 0 Å². The first-order valence-electron chi connectivity index (χ1n) is 6.31. The Morgan fingerprint density at radius 1 is 1.10 bits per heavy atom. The fourth-order valence-electron chi connectivity index (χ4n) is 1.67. The standard InChI is InChI=1S/C13H19N7/c1-14-11-16-12(19(2)3)18-13(17-11)20(4)9-10-6-5-7-15-8-10/h5-8H,9H2,1-4H3,(H,14,16,17,18). The van der Waals surface area contributed by atoms with Gasteiger partial charge in [0.05, 0.1) is 0 Å². The molecule has 0 aliphatic heterocycles. The third-order valence-corrected chi connectivity index (χ3v) is 2.72. The summed E-state index contributed by atoms with van der Waals surface area (Å²) in [5.74, 6) is 1.80. The van der Waals surface area contributed by atoms with Crippen molar-refractivity contribution in [3.8, 4) is 0 Å². The average Bonchev–Trinajstić information content (AvgIpc) is 2.47. The van der Waals surface area contributed by atoms with E-state index in [1.807, 2.05) is 49.3 Å². The van der Waals surface area contributed by atoms with Crippen LogP contribution in [-0.2, 0) is 6.54 Å². The average molecular weight is 273 g/mol. The summed E-state index contributed by atoms with van der Waals surface area (Å²) >= 11 is 0. The molecule has 0 aliphatic carbocycles. The minimum atomic E-state index is 0.553. The van der Waals surface area contributed by atoms with Gasteiger partial charge in [0.2, 0.25) is 17.8 Å². The van der Waals surface area contributed by atoms with E-state index in [1.54, 1.807) is 13.2 Å². The zero-order chi connectivity index (χ0) is 14.5. The van der Waals surface area contributed by atoms with Crippen LogP contribution in [0, 0.1) is 0 Å². The number of hydrogen-bond donors (Lipinski definition) is 1. The Morgan fingerprint density at radius 3 is 2.45 bits per heavy atom. The van der Waals surface area contributed by atoms with E-state index in [2.05, 4.69) is 25.3 Å². The summed E-state index contributed by atoms with van der Waals surface area (Å²) in [6.07, 6.45) is 3.60. The van der Waals surface area contributed by atoms with Gasteiger partial charge in [-0.25, -0.2) is 0 Å². The van der Waals surface area contributed by atoms with E-state index in [0.717, 1.165) is 5.56 Å². The van der Waals surface area contributed by atoms with Crippen LogP contribution in [-0.4, -0.2) is 48.1 Å². The van der Waals surface area contributed by atoms with Gasteiger partial charge in [0, 0.05) is 47.1 Å². The summed E-state index contributed by atoms with van der Waals surface area (Å²) in [4.78, 5) is 21.0. The highest BCUT2D eigenvalue weighted by atomic mass is 15.3. The van der Waals surface area contributed by atoms with Crippen molar-refractivity contribution in [2.45, 2.75) is 6.54 Å². The fraction of sp³-hybridized carbons (Fsp3) is 0.385. The molecule has 7 heteroatoms. The van der Waals surface area contributed by atoms with Gasteiger partial charge in [0.15, 0.2) is 0 Å². The SMILES string of the molecule is CNc1nc(N(C)C)nc(N(C)Cc2cccnc2)n1. The molecule has 0 spiro atoms. The summed E-state index contributed by atoms with van der Waals surface area (Å²) in [6, 6.07) is 3.94. The third-order valence-electron chi connectivity index (χ3n) is 2.72. The summed E-state index contributed by atoms with van der Waals surface area (Å²) in [5.41, 5.74) is 1.10. The van der Waals surface area contributed by atoms with Crippen molar-refractivity contribution in [3.63, 3.8) is 0 Å². The Kier molecular flexibility index (Phi) is 4.29. The molecule has 0 fully saturated rings. The largest absolute Gasteiger partial charge is 0.357 e. The second-order valence-electron chi connectivity index (χ2n) is 4.62. The molecule has 0 amide bonds. The van der Waals surface area contributed by atoms with Crippen molar-refractivity contribution in [1.29, 1.82) is 0 Å². The fourth-order valence-corrected chi connectivity index (χ4v) is 1.67. The molecule has 2 aromatic rings. The van der Waals surface area contributed by atoms with Gasteiger partial charge in [-0.1, -0.05) is 6.07 Å². The predicted molar refractivity (Wildman–Crippen MR) is 80.0 cm³/mol. The van der Waals surface area contributed by atoms with E-state index in [0.29, 0.717) is 24.4 Å². The number of anilines is 3. The van der Waals surface area contributed by atoms with Crippen molar-refractivity contribution in [1.82, 2.24) is 19.9 Å². The van der Waals surface area contributed by atoms with Crippen LogP contribution in [0.5, 0.6) is 0 Å². The van der Waals surface area contributed by atoms with Crippen molar-refractivity contribution >= 4 is 17.8 Å². The molecule has 20 heavy (non-hydrogen) atoms. The Bertz CT molecular complexity index is 556. The predicted octanol–water partition coefficient (Wildman–Crippen LogP) is 1.01. The molecule has 1 N–H and O–H groups in total. The quantitative estimate of drug-likeness (QED) is 0.871. The highest BCUT2D eigenvalue weighted by Crippen LogP contribution is 2.15. The molecule has 0 unspecified atom stereocenters. The highest BCUT2D eigenvalue weighted by Gasteiger charge is 2.11. The van der Waals surface area contributed by atoms with Gasteiger partial charge < -0.3 is 15.1 Å². The Morgan fingerprint density at radius 2 is 1.85 bits per heavy atom. The van der Waals surface area contributed by atoms with Crippen LogP contribution in [0.3, 0.4) is 0 Å². The summed E-state index contributed by atoms with van der Waals surface area (Å²) < 4.78 is 0. The van der Waals surface area contributed by atoms with Crippen molar-refractivity contribution in [3.05, 3.63) is 30.1 Å². The first kappa shape index (κ1) is 14.0. The van der Waals surface area contributed by atoms with E-state index in [1.165, 1.54) is 0 Å². The number of pyridine rings is 1. The molecule has 0 atom stereocenters.